The number of anilines is 1. The van der Waals surface area contributed by atoms with Gasteiger partial charge in [0, 0.05) is 24.4 Å². The zero-order valence-corrected chi connectivity index (χ0v) is 21.0. The van der Waals surface area contributed by atoms with Crippen molar-refractivity contribution >= 4 is 29.0 Å². The minimum Gasteiger partial charge on any atom is -0.322 e. The van der Waals surface area contributed by atoms with Crippen molar-refractivity contribution in [2.75, 3.05) is 5.32 Å². The molecular weight excluding hydrogens is 470 g/mol. The van der Waals surface area contributed by atoms with E-state index in [1.165, 1.54) is 0 Å². The predicted molar refractivity (Wildman–Crippen MR) is 142 cm³/mol. The first-order chi connectivity index (χ1) is 17.5. The lowest BCUT2D eigenvalue weighted by atomic mass is 9.88. The van der Waals surface area contributed by atoms with Gasteiger partial charge in [-0.3, -0.25) is 14.9 Å². The zero-order valence-electron chi connectivity index (χ0n) is 20.2. The number of nitrogens with one attached hydrogen (secondary N) is 3. The van der Waals surface area contributed by atoms with Crippen LogP contribution in [0.25, 0.3) is 10.6 Å². The molecule has 1 fully saturated rings. The highest BCUT2D eigenvalue weighted by Gasteiger charge is 2.33. The van der Waals surface area contributed by atoms with Crippen LogP contribution in [0, 0.1) is 5.92 Å². The highest BCUT2D eigenvalue weighted by atomic mass is 32.1. The molecule has 0 aliphatic carbocycles. The molecule has 3 N–H and O–H groups in total. The molecule has 2 aromatic heterocycles. The van der Waals surface area contributed by atoms with Crippen LogP contribution in [0.4, 0.5) is 5.82 Å². The van der Waals surface area contributed by atoms with Crippen molar-refractivity contribution < 1.29 is 9.59 Å². The SMILES string of the molecule is CC1NC(n2nc(-c3cccs3)cc2NC(=O)CC(c2ccccc2)c2ccccc2)NC(=O)C1C. The summed E-state index contributed by atoms with van der Waals surface area (Å²) >= 11 is 1.57. The van der Waals surface area contributed by atoms with Crippen molar-refractivity contribution in [1.82, 2.24) is 20.4 Å². The van der Waals surface area contributed by atoms with Gasteiger partial charge in [-0.05, 0) is 29.5 Å². The van der Waals surface area contributed by atoms with E-state index in [0.29, 0.717) is 5.82 Å². The Labute approximate surface area is 214 Å². The maximum absolute atomic E-state index is 13.4. The smallest absolute Gasteiger partial charge is 0.227 e. The average Bonchev–Trinajstić information content (AvgIpc) is 3.57. The highest BCUT2D eigenvalue weighted by Crippen LogP contribution is 2.31. The van der Waals surface area contributed by atoms with E-state index in [1.807, 2.05) is 98.1 Å². The molecule has 0 saturated carbocycles. The van der Waals surface area contributed by atoms with Crippen molar-refractivity contribution in [3.8, 4) is 10.6 Å². The molecule has 1 aliphatic rings. The number of benzene rings is 2. The number of aromatic nitrogens is 2. The molecule has 3 unspecified atom stereocenters. The minimum absolute atomic E-state index is 0.0396. The molecule has 3 atom stereocenters. The van der Waals surface area contributed by atoms with Crippen LogP contribution in [-0.4, -0.2) is 27.6 Å². The summed E-state index contributed by atoms with van der Waals surface area (Å²) in [6.07, 6.45) is -0.294. The Kier molecular flexibility index (Phi) is 6.97. The molecule has 184 valence electrons. The van der Waals surface area contributed by atoms with Crippen LogP contribution in [-0.2, 0) is 9.59 Å². The Bertz CT molecular complexity index is 1280. The Morgan fingerprint density at radius 3 is 2.28 bits per heavy atom. The summed E-state index contributed by atoms with van der Waals surface area (Å²) in [5, 5.41) is 16.2. The first kappa shape index (κ1) is 24.0. The van der Waals surface area contributed by atoms with Crippen LogP contribution in [0.1, 0.15) is 43.6 Å². The zero-order chi connectivity index (χ0) is 25.1. The van der Waals surface area contributed by atoms with E-state index >= 15 is 0 Å². The molecule has 8 heteroatoms. The van der Waals surface area contributed by atoms with Crippen molar-refractivity contribution in [3.63, 3.8) is 0 Å². The van der Waals surface area contributed by atoms with Gasteiger partial charge in [-0.15, -0.1) is 11.3 Å². The number of hydrogen-bond acceptors (Lipinski definition) is 5. The van der Waals surface area contributed by atoms with Gasteiger partial charge >= 0.3 is 0 Å². The Hall–Kier alpha value is -3.75. The number of thiophene rings is 1. The Morgan fingerprint density at radius 1 is 1.03 bits per heavy atom. The first-order valence-electron chi connectivity index (χ1n) is 12.1. The largest absolute Gasteiger partial charge is 0.322 e. The standard InChI is InChI=1S/C28H29N5O2S/c1-18-19(2)29-28(31-27(18)35)33-25(17-23(32-33)24-14-9-15-36-24)30-26(34)16-22(20-10-5-3-6-11-20)21-12-7-4-8-13-21/h3-15,17-19,22,28-29H,16H2,1-2H3,(H,30,34)(H,31,35). The second-order valence-electron chi connectivity index (χ2n) is 9.12. The average molecular weight is 500 g/mol. The predicted octanol–water partition coefficient (Wildman–Crippen LogP) is 4.97. The quantitative estimate of drug-likeness (QED) is 0.335. The van der Waals surface area contributed by atoms with Crippen LogP contribution < -0.4 is 16.0 Å². The number of nitrogens with zero attached hydrogens (tertiary/aromatic N) is 2. The molecule has 1 aliphatic heterocycles. The summed E-state index contributed by atoms with van der Waals surface area (Å²) in [5.74, 6) is 0.0981. The molecule has 0 spiro atoms. The van der Waals surface area contributed by atoms with E-state index in [2.05, 4.69) is 16.0 Å². The summed E-state index contributed by atoms with van der Waals surface area (Å²) in [6, 6.07) is 25.9. The number of hydrogen-bond donors (Lipinski definition) is 3. The van der Waals surface area contributed by atoms with Crippen LogP contribution in [0.3, 0.4) is 0 Å². The monoisotopic (exact) mass is 499 g/mol. The van der Waals surface area contributed by atoms with Gasteiger partial charge in [0.05, 0.1) is 10.8 Å². The molecule has 36 heavy (non-hydrogen) atoms. The van der Waals surface area contributed by atoms with Gasteiger partial charge in [-0.2, -0.15) is 5.10 Å². The van der Waals surface area contributed by atoms with E-state index in [1.54, 1.807) is 16.0 Å². The molecule has 2 aromatic carbocycles. The topological polar surface area (TPSA) is 88.1 Å². The summed E-state index contributed by atoms with van der Waals surface area (Å²) in [7, 11) is 0. The lowest BCUT2D eigenvalue weighted by Crippen LogP contribution is -2.57. The number of carbonyl (C=O) groups excluding carboxylic acids is 2. The fourth-order valence-electron chi connectivity index (χ4n) is 4.47. The maximum Gasteiger partial charge on any atom is 0.227 e. The first-order valence-corrected chi connectivity index (χ1v) is 13.0. The molecule has 3 heterocycles. The third-order valence-electron chi connectivity index (χ3n) is 6.68. The van der Waals surface area contributed by atoms with Crippen LogP contribution in [0.15, 0.2) is 84.2 Å². The fraction of sp³-hybridized carbons (Fsp3) is 0.250. The van der Waals surface area contributed by atoms with Gasteiger partial charge in [0.2, 0.25) is 11.8 Å². The van der Waals surface area contributed by atoms with Gasteiger partial charge in [0.25, 0.3) is 0 Å². The van der Waals surface area contributed by atoms with E-state index in [0.717, 1.165) is 21.7 Å². The second kappa shape index (κ2) is 10.5. The molecule has 5 rings (SSSR count). The van der Waals surface area contributed by atoms with Crippen molar-refractivity contribution in [2.24, 2.45) is 5.92 Å². The van der Waals surface area contributed by atoms with Crippen LogP contribution in [0.5, 0.6) is 0 Å². The molecular formula is C28H29N5O2S. The summed E-state index contributed by atoms with van der Waals surface area (Å²) < 4.78 is 1.66. The van der Waals surface area contributed by atoms with Crippen molar-refractivity contribution in [1.29, 1.82) is 0 Å². The molecule has 0 radical (unpaired) electrons. The number of amides is 2. The number of rotatable bonds is 7. The number of carbonyl (C=O) groups is 2. The fourth-order valence-corrected chi connectivity index (χ4v) is 5.15. The lowest BCUT2D eigenvalue weighted by Gasteiger charge is -2.34. The van der Waals surface area contributed by atoms with Crippen molar-refractivity contribution in [2.45, 2.75) is 38.5 Å². The molecule has 7 nitrogen and oxygen atoms in total. The van der Waals surface area contributed by atoms with E-state index in [9.17, 15) is 9.59 Å². The highest BCUT2D eigenvalue weighted by molar-refractivity contribution is 7.13. The second-order valence-corrected chi connectivity index (χ2v) is 10.1. The van der Waals surface area contributed by atoms with Crippen LogP contribution >= 0.6 is 11.3 Å². The van der Waals surface area contributed by atoms with Gasteiger partial charge < -0.3 is 10.6 Å². The van der Waals surface area contributed by atoms with Gasteiger partial charge in [-0.1, -0.05) is 73.7 Å². The lowest BCUT2D eigenvalue weighted by molar-refractivity contribution is -0.130. The minimum atomic E-state index is -0.563. The Balaban J connectivity index is 1.43. The maximum atomic E-state index is 13.4. The third-order valence-corrected chi connectivity index (χ3v) is 7.57. The summed E-state index contributed by atoms with van der Waals surface area (Å²) in [4.78, 5) is 26.9. The van der Waals surface area contributed by atoms with E-state index in [-0.39, 0.29) is 36.1 Å². The van der Waals surface area contributed by atoms with Gasteiger partial charge in [0.1, 0.15) is 11.5 Å². The van der Waals surface area contributed by atoms with Crippen LogP contribution in [0.2, 0.25) is 0 Å². The van der Waals surface area contributed by atoms with E-state index in [4.69, 9.17) is 5.10 Å². The molecule has 4 aromatic rings. The Morgan fingerprint density at radius 2 is 1.69 bits per heavy atom. The normalized spacial score (nSPS) is 19.8. The summed E-state index contributed by atoms with van der Waals surface area (Å²) in [5.41, 5.74) is 2.90. The van der Waals surface area contributed by atoms with Crippen molar-refractivity contribution in [3.05, 3.63) is 95.4 Å². The summed E-state index contributed by atoms with van der Waals surface area (Å²) in [6.45, 7) is 3.86. The van der Waals surface area contributed by atoms with Gasteiger partial charge in [0.15, 0.2) is 6.29 Å². The van der Waals surface area contributed by atoms with Gasteiger partial charge in [-0.25, -0.2) is 4.68 Å². The molecule has 1 saturated heterocycles. The molecule has 2 amide bonds. The third kappa shape index (κ3) is 5.10. The molecule has 0 bridgehead atoms. The van der Waals surface area contributed by atoms with E-state index < -0.39 is 6.29 Å².